The molecule has 0 radical (unpaired) electrons. The zero-order valence-corrected chi connectivity index (χ0v) is 14.2. The first-order chi connectivity index (χ1) is 12.1. The first-order valence-corrected chi connectivity index (χ1v) is 7.94. The summed E-state index contributed by atoms with van der Waals surface area (Å²) >= 11 is 0. The van der Waals surface area contributed by atoms with Crippen LogP contribution in [0.2, 0.25) is 0 Å². The molecule has 1 N–H and O–H groups in total. The van der Waals surface area contributed by atoms with Gasteiger partial charge in [-0.05, 0) is 67.6 Å². The number of amides is 1. The molecule has 0 aromatic heterocycles. The van der Waals surface area contributed by atoms with E-state index in [0.29, 0.717) is 17.0 Å². The van der Waals surface area contributed by atoms with Crippen LogP contribution in [0.4, 0.5) is 5.69 Å². The molecule has 4 nitrogen and oxygen atoms in total. The number of benzene rings is 3. The van der Waals surface area contributed by atoms with Crippen LogP contribution < -0.4 is 14.8 Å². The van der Waals surface area contributed by atoms with Crippen molar-refractivity contribution in [2.24, 2.45) is 0 Å². The van der Waals surface area contributed by atoms with E-state index in [9.17, 15) is 4.79 Å². The maximum Gasteiger partial charge on any atom is 0.255 e. The van der Waals surface area contributed by atoms with Gasteiger partial charge in [-0.3, -0.25) is 4.79 Å². The highest BCUT2D eigenvalue weighted by atomic mass is 16.5. The van der Waals surface area contributed by atoms with Crippen molar-refractivity contribution >= 4 is 11.6 Å². The third-order valence-electron chi connectivity index (χ3n) is 3.72. The van der Waals surface area contributed by atoms with Crippen LogP contribution in [0.3, 0.4) is 0 Å². The number of rotatable bonds is 5. The van der Waals surface area contributed by atoms with Crippen LogP contribution in [0.5, 0.6) is 17.2 Å². The molecule has 25 heavy (non-hydrogen) atoms. The molecule has 1 amide bonds. The minimum Gasteiger partial charge on any atom is -0.497 e. The van der Waals surface area contributed by atoms with Crippen LogP contribution in [0.15, 0.2) is 72.8 Å². The minimum atomic E-state index is -0.174. The summed E-state index contributed by atoms with van der Waals surface area (Å²) in [5.41, 5.74) is 2.45. The molecule has 0 aliphatic heterocycles. The van der Waals surface area contributed by atoms with Gasteiger partial charge < -0.3 is 14.8 Å². The molecule has 0 heterocycles. The van der Waals surface area contributed by atoms with Crippen LogP contribution in [-0.2, 0) is 0 Å². The fourth-order valence-corrected chi connectivity index (χ4v) is 2.29. The van der Waals surface area contributed by atoms with Crippen LogP contribution in [0, 0.1) is 6.92 Å². The molecule has 4 heteroatoms. The molecular weight excluding hydrogens is 314 g/mol. The average molecular weight is 333 g/mol. The number of carbonyl (C=O) groups excluding carboxylic acids is 1. The Bertz CT molecular complexity index is 838. The summed E-state index contributed by atoms with van der Waals surface area (Å²) in [5.74, 6) is 2.02. The Morgan fingerprint density at radius 2 is 1.28 bits per heavy atom. The second kappa shape index (κ2) is 7.53. The minimum absolute atomic E-state index is 0.174. The van der Waals surface area contributed by atoms with Gasteiger partial charge in [0.15, 0.2) is 0 Å². The largest absolute Gasteiger partial charge is 0.497 e. The summed E-state index contributed by atoms with van der Waals surface area (Å²) in [6.45, 7) is 2.03. The Morgan fingerprint density at radius 3 is 1.84 bits per heavy atom. The topological polar surface area (TPSA) is 47.6 Å². The lowest BCUT2D eigenvalue weighted by Crippen LogP contribution is -2.11. The number of aryl methyl sites for hydroxylation is 1. The summed E-state index contributed by atoms with van der Waals surface area (Å²) in [6, 6.07) is 22.0. The lowest BCUT2D eigenvalue weighted by molar-refractivity contribution is 0.102. The number of hydrogen-bond donors (Lipinski definition) is 1. The Morgan fingerprint density at radius 1 is 0.760 bits per heavy atom. The fraction of sp³-hybridized carbons (Fsp3) is 0.0952. The predicted molar refractivity (Wildman–Crippen MR) is 98.6 cm³/mol. The number of anilines is 1. The summed E-state index contributed by atoms with van der Waals surface area (Å²) in [6.07, 6.45) is 0. The standard InChI is InChI=1S/C21H19NO3/c1-15-3-9-19(10-4-15)25-20-11-5-16(6-12-20)21(23)22-17-7-13-18(24-2)14-8-17/h3-14H,1-2H3,(H,22,23). The first kappa shape index (κ1) is 16.6. The van der Waals surface area contributed by atoms with Gasteiger partial charge in [-0.2, -0.15) is 0 Å². The monoisotopic (exact) mass is 333 g/mol. The average Bonchev–Trinajstić information content (AvgIpc) is 2.65. The lowest BCUT2D eigenvalue weighted by Gasteiger charge is -2.08. The normalized spacial score (nSPS) is 10.2. The quantitative estimate of drug-likeness (QED) is 0.711. The van der Waals surface area contributed by atoms with E-state index in [0.717, 1.165) is 11.5 Å². The van der Waals surface area contributed by atoms with Crippen molar-refractivity contribution in [3.05, 3.63) is 83.9 Å². The number of hydrogen-bond acceptors (Lipinski definition) is 3. The molecule has 0 saturated carbocycles. The van der Waals surface area contributed by atoms with E-state index in [1.165, 1.54) is 5.56 Å². The molecule has 3 aromatic rings. The molecule has 0 spiro atoms. The van der Waals surface area contributed by atoms with E-state index in [-0.39, 0.29) is 5.91 Å². The third kappa shape index (κ3) is 4.38. The van der Waals surface area contributed by atoms with Crippen LogP contribution in [0.1, 0.15) is 15.9 Å². The maximum absolute atomic E-state index is 12.3. The van der Waals surface area contributed by atoms with E-state index < -0.39 is 0 Å². The van der Waals surface area contributed by atoms with Gasteiger partial charge in [-0.15, -0.1) is 0 Å². The number of nitrogens with one attached hydrogen (secondary N) is 1. The Kier molecular flexibility index (Phi) is 5.00. The van der Waals surface area contributed by atoms with Gasteiger partial charge in [0.25, 0.3) is 5.91 Å². The lowest BCUT2D eigenvalue weighted by atomic mass is 10.2. The van der Waals surface area contributed by atoms with Crippen molar-refractivity contribution in [1.29, 1.82) is 0 Å². The molecule has 3 aromatic carbocycles. The van der Waals surface area contributed by atoms with E-state index in [1.54, 1.807) is 55.6 Å². The van der Waals surface area contributed by atoms with Crippen molar-refractivity contribution in [3.63, 3.8) is 0 Å². The van der Waals surface area contributed by atoms with Crippen LogP contribution in [0.25, 0.3) is 0 Å². The van der Waals surface area contributed by atoms with Crippen molar-refractivity contribution in [2.45, 2.75) is 6.92 Å². The summed E-state index contributed by atoms with van der Waals surface area (Å²) in [4.78, 5) is 12.3. The summed E-state index contributed by atoms with van der Waals surface area (Å²) in [5, 5.41) is 2.85. The van der Waals surface area contributed by atoms with E-state index in [1.807, 2.05) is 31.2 Å². The number of ether oxygens (including phenoxy) is 2. The second-order valence-electron chi connectivity index (χ2n) is 5.62. The highest BCUT2D eigenvalue weighted by molar-refractivity contribution is 6.04. The van der Waals surface area contributed by atoms with E-state index in [4.69, 9.17) is 9.47 Å². The second-order valence-corrected chi connectivity index (χ2v) is 5.62. The molecule has 0 fully saturated rings. The molecule has 0 aliphatic carbocycles. The maximum atomic E-state index is 12.3. The van der Waals surface area contributed by atoms with E-state index >= 15 is 0 Å². The Hall–Kier alpha value is -3.27. The predicted octanol–water partition coefficient (Wildman–Crippen LogP) is 5.05. The van der Waals surface area contributed by atoms with Crippen molar-refractivity contribution in [3.8, 4) is 17.2 Å². The fourth-order valence-electron chi connectivity index (χ4n) is 2.29. The molecule has 0 unspecified atom stereocenters. The van der Waals surface area contributed by atoms with Crippen LogP contribution in [-0.4, -0.2) is 13.0 Å². The molecule has 3 rings (SSSR count). The Balaban J connectivity index is 1.64. The molecular formula is C21H19NO3. The van der Waals surface area contributed by atoms with Gasteiger partial charge in [0, 0.05) is 11.3 Å². The van der Waals surface area contributed by atoms with Crippen molar-refractivity contribution < 1.29 is 14.3 Å². The van der Waals surface area contributed by atoms with E-state index in [2.05, 4.69) is 5.32 Å². The molecule has 126 valence electrons. The van der Waals surface area contributed by atoms with Crippen molar-refractivity contribution in [2.75, 3.05) is 12.4 Å². The van der Waals surface area contributed by atoms with Crippen LogP contribution >= 0.6 is 0 Å². The molecule has 0 atom stereocenters. The summed E-state index contributed by atoms with van der Waals surface area (Å²) in [7, 11) is 1.60. The SMILES string of the molecule is COc1ccc(NC(=O)c2ccc(Oc3ccc(C)cc3)cc2)cc1. The third-order valence-corrected chi connectivity index (χ3v) is 3.72. The summed E-state index contributed by atoms with van der Waals surface area (Å²) < 4.78 is 10.9. The highest BCUT2D eigenvalue weighted by Gasteiger charge is 2.07. The number of carbonyl (C=O) groups is 1. The Labute approximate surface area is 147 Å². The zero-order valence-electron chi connectivity index (χ0n) is 14.2. The number of methoxy groups -OCH3 is 1. The van der Waals surface area contributed by atoms with Gasteiger partial charge in [0.1, 0.15) is 17.2 Å². The smallest absolute Gasteiger partial charge is 0.255 e. The molecule has 0 saturated heterocycles. The van der Waals surface area contributed by atoms with Gasteiger partial charge in [-0.25, -0.2) is 0 Å². The molecule has 0 aliphatic rings. The van der Waals surface area contributed by atoms with Gasteiger partial charge in [0.05, 0.1) is 7.11 Å². The highest BCUT2D eigenvalue weighted by Crippen LogP contribution is 2.22. The van der Waals surface area contributed by atoms with Gasteiger partial charge in [-0.1, -0.05) is 17.7 Å². The van der Waals surface area contributed by atoms with Gasteiger partial charge >= 0.3 is 0 Å². The molecule has 0 bridgehead atoms. The zero-order chi connectivity index (χ0) is 17.6. The first-order valence-electron chi connectivity index (χ1n) is 7.94. The van der Waals surface area contributed by atoms with Gasteiger partial charge in [0.2, 0.25) is 0 Å². The van der Waals surface area contributed by atoms with Crippen molar-refractivity contribution in [1.82, 2.24) is 0 Å².